The summed E-state index contributed by atoms with van der Waals surface area (Å²) in [6.45, 7) is 10.0. The van der Waals surface area contributed by atoms with Crippen LogP contribution in [0.5, 0.6) is 0 Å². The molecule has 1 aromatic rings. The van der Waals surface area contributed by atoms with Crippen molar-refractivity contribution in [1.29, 1.82) is 0 Å². The maximum Gasteiger partial charge on any atom is 0.0821 e. The monoisotopic (exact) mass is 157 g/mol. The second-order valence-corrected chi connectivity index (χ2v) is 1.31. The molecule has 0 aromatic carbocycles. The maximum absolute atomic E-state index is 3.80. The van der Waals surface area contributed by atoms with E-state index >= 15 is 0 Å². The van der Waals surface area contributed by atoms with E-state index in [0.717, 1.165) is 12.1 Å². The van der Waals surface area contributed by atoms with Gasteiger partial charge in [-0.2, -0.15) is 15.4 Å². The van der Waals surface area contributed by atoms with E-state index in [0.29, 0.717) is 0 Å². The number of aromatic nitrogens is 3. The van der Waals surface area contributed by atoms with Gasteiger partial charge >= 0.3 is 0 Å². The molecule has 3 nitrogen and oxygen atoms in total. The summed E-state index contributed by atoms with van der Waals surface area (Å²) in [6.07, 6.45) is 2.68. The SMILES string of the molecule is CC.CC.CCc1cn[nH]n1. The second-order valence-electron chi connectivity index (χ2n) is 1.31. The van der Waals surface area contributed by atoms with Gasteiger partial charge in [-0.3, -0.25) is 0 Å². The van der Waals surface area contributed by atoms with Gasteiger partial charge in [0.25, 0.3) is 0 Å². The Bertz CT molecular complexity index is 124. The van der Waals surface area contributed by atoms with Crippen molar-refractivity contribution in [1.82, 2.24) is 15.4 Å². The molecule has 1 N–H and O–H groups in total. The van der Waals surface area contributed by atoms with Crippen LogP contribution in [0, 0.1) is 0 Å². The molecule has 0 saturated heterocycles. The van der Waals surface area contributed by atoms with Crippen molar-refractivity contribution in [3.63, 3.8) is 0 Å². The van der Waals surface area contributed by atoms with Crippen molar-refractivity contribution < 1.29 is 0 Å². The predicted molar refractivity (Wildman–Crippen MR) is 48.5 cm³/mol. The minimum absolute atomic E-state index is 0.955. The number of nitrogens with zero attached hydrogens (tertiary/aromatic N) is 2. The first kappa shape index (κ1) is 12.8. The van der Waals surface area contributed by atoms with Crippen molar-refractivity contribution in [2.45, 2.75) is 41.0 Å². The summed E-state index contributed by atoms with van der Waals surface area (Å²) in [5.41, 5.74) is 1.01. The lowest BCUT2D eigenvalue weighted by molar-refractivity contribution is 0.908. The van der Waals surface area contributed by atoms with E-state index in [1.54, 1.807) is 6.20 Å². The Balaban J connectivity index is 0. The molecule has 0 aliphatic heterocycles. The minimum atomic E-state index is 0.955. The van der Waals surface area contributed by atoms with E-state index in [1.165, 1.54) is 0 Å². The van der Waals surface area contributed by atoms with Gasteiger partial charge in [0.2, 0.25) is 0 Å². The van der Waals surface area contributed by atoms with E-state index in [2.05, 4.69) is 15.4 Å². The van der Waals surface area contributed by atoms with E-state index < -0.39 is 0 Å². The molecule has 0 unspecified atom stereocenters. The van der Waals surface area contributed by atoms with Gasteiger partial charge in [-0.05, 0) is 6.42 Å². The van der Waals surface area contributed by atoms with E-state index in [1.807, 2.05) is 34.6 Å². The van der Waals surface area contributed by atoms with Crippen molar-refractivity contribution in [3.05, 3.63) is 11.9 Å². The first-order chi connectivity index (χ1) is 5.43. The average molecular weight is 157 g/mol. The van der Waals surface area contributed by atoms with E-state index in [4.69, 9.17) is 0 Å². The first-order valence-electron chi connectivity index (χ1n) is 4.28. The fraction of sp³-hybridized carbons (Fsp3) is 0.750. The lowest BCUT2D eigenvalue weighted by Gasteiger charge is -1.74. The Labute approximate surface area is 69.2 Å². The molecule has 1 heterocycles. The molecule has 0 atom stereocenters. The second kappa shape index (κ2) is 11.9. The largest absolute Gasteiger partial charge is 0.198 e. The van der Waals surface area contributed by atoms with Gasteiger partial charge in [-0.25, -0.2) is 0 Å². The number of H-pyrrole nitrogens is 1. The molecule has 0 aliphatic carbocycles. The third-order valence-electron chi connectivity index (χ3n) is 0.827. The number of hydrogen-bond acceptors (Lipinski definition) is 2. The molecule has 0 radical (unpaired) electrons. The van der Waals surface area contributed by atoms with Crippen molar-refractivity contribution in [2.24, 2.45) is 0 Å². The van der Waals surface area contributed by atoms with Crippen LogP contribution in [0.15, 0.2) is 6.20 Å². The molecule has 0 amide bonds. The lowest BCUT2D eigenvalue weighted by Crippen LogP contribution is -1.76. The molecule has 11 heavy (non-hydrogen) atoms. The number of aromatic amines is 1. The molecule has 1 rings (SSSR count). The highest BCUT2D eigenvalue weighted by Crippen LogP contribution is 1.85. The third-order valence-corrected chi connectivity index (χ3v) is 0.827. The predicted octanol–water partition coefficient (Wildman–Crippen LogP) is 2.42. The topological polar surface area (TPSA) is 41.6 Å². The fourth-order valence-corrected chi connectivity index (χ4v) is 0.396. The van der Waals surface area contributed by atoms with Crippen LogP contribution in [-0.2, 0) is 6.42 Å². The zero-order valence-electron chi connectivity index (χ0n) is 8.18. The summed E-state index contributed by atoms with van der Waals surface area (Å²) in [5.74, 6) is 0. The van der Waals surface area contributed by atoms with Crippen LogP contribution in [-0.4, -0.2) is 15.4 Å². The first-order valence-corrected chi connectivity index (χ1v) is 4.28. The maximum atomic E-state index is 3.80. The Hall–Kier alpha value is -0.860. The summed E-state index contributed by atoms with van der Waals surface area (Å²) in [4.78, 5) is 0. The summed E-state index contributed by atoms with van der Waals surface area (Å²) in [5, 5.41) is 9.94. The van der Waals surface area contributed by atoms with Crippen molar-refractivity contribution >= 4 is 0 Å². The number of aryl methyl sites for hydroxylation is 1. The van der Waals surface area contributed by atoms with Gasteiger partial charge in [0.1, 0.15) is 0 Å². The number of nitrogens with one attached hydrogen (secondary N) is 1. The Kier molecular flexibility index (Phi) is 13.8. The Morgan fingerprint density at radius 1 is 1.27 bits per heavy atom. The minimum Gasteiger partial charge on any atom is -0.198 e. The summed E-state index contributed by atoms with van der Waals surface area (Å²) < 4.78 is 0. The molecule has 0 bridgehead atoms. The van der Waals surface area contributed by atoms with Crippen molar-refractivity contribution in [2.75, 3.05) is 0 Å². The number of rotatable bonds is 1. The molecule has 0 spiro atoms. The smallest absolute Gasteiger partial charge is 0.0821 e. The van der Waals surface area contributed by atoms with Crippen LogP contribution in [0.4, 0.5) is 0 Å². The van der Waals surface area contributed by atoms with Gasteiger partial charge < -0.3 is 0 Å². The zero-order chi connectivity index (χ0) is 9.11. The Morgan fingerprint density at radius 2 is 1.82 bits per heavy atom. The van der Waals surface area contributed by atoms with Crippen LogP contribution in [0.25, 0.3) is 0 Å². The van der Waals surface area contributed by atoms with E-state index in [9.17, 15) is 0 Å². The highest BCUT2D eigenvalue weighted by molar-refractivity contribution is 4.87. The van der Waals surface area contributed by atoms with Gasteiger partial charge in [0.15, 0.2) is 0 Å². The van der Waals surface area contributed by atoms with Crippen LogP contribution >= 0.6 is 0 Å². The number of hydrogen-bond donors (Lipinski definition) is 1. The molecular weight excluding hydrogens is 138 g/mol. The summed E-state index contributed by atoms with van der Waals surface area (Å²) >= 11 is 0. The molecule has 0 aliphatic rings. The lowest BCUT2D eigenvalue weighted by atomic mass is 10.4. The normalized spacial score (nSPS) is 7.00. The van der Waals surface area contributed by atoms with Gasteiger partial charge in [-0.1, -0.05) is 34.6 Å². The van der Waals surface area contributed by atoms with E-state index in [-0.39, 0.29) is 0 Å². The summed E-state index contributed by atoms with van der Waals surface area (Å²) in [7, 11) is 0. The van der Waals surface area contributed by atoms with Crippen LogP contribution in [0.3, 0.4) is 0 Å². The Morgan fingerprint density at radius 3 is 2.00 bits per heavy atom. The molecule has 3 heteroatoms. The molecule has 66 valence electrons. The standard InChI is InChI=1S/C4H7N3.2C2H6/c1-2-4-3-5-7-6-4;2*1-2/h3H,2H2,1H3,(H,5,6,7);2*1-2H3. The van der Waals surface area contributed by atoms with Gasteiger partial charge in [0.05, 0.1) is 11.9 Å². The molecule has 0 fully saturated rings. The molecular formula is C8H19N3. The van der Waals surface area contributed by atoms with Gasteiger partial charge in [-0.15, -0.1) is 0 Å². The fourth-order valence-electron chi connectivity index (χ4n) is 0.396. The van der Waals surface area contributed by atoms with Crippen LogP contribution in [0.1, 0.15) is 40.3 Å². The molecule has 1 aromatic heterocycles. The summed E-state index contributed by atoms with van der Waals surface area (Å²) in [6, 6.07) is 0. The highest BCUT2D eigenvalue weighted by atomic mass is 15.3. The zero-order valence-corrected chi connectivity index (χ0v) is 8.18. The quantitative estimate of drug-likeness (QED) is 0.680. The van der Waals surface area contributed by atoms with Crippen LogP contribution < -0.4 is 0 Å². The van der Waals surface area contributed by atoms with Crippen molar-refractivity contribution in [3.8, 4) is 0 Å². The average Bonchev–Trinajstić information content (AvgIpc) is 2.63. The molecule has 0 saturated carbocycles. The third kappa shape index (κ3) is 7.03. The highest BCUT2D eigenvalue weighted by Gasteiger charge is 1.85. The van der Waals surface area contributed by atoms with Crippen LogP contribution in [0.2, 0.25) is 0 Å². The van der Waals surface area contributed by atoms with Gasteiger partial charge in [0, 0.05) is 0 Å².